The van der Waals surface area contributed by atoms with Crippen molar-refractivity contribution in [3.05, 3.63) is 10.4 Å². The Labute approximate surface area is 78.5 Å². The molecule has 6 N–H and O–H groups in total. The third kappa shape index (κ3) is 5410. The average Bonchev–Trinajstić information content (AvgIpc) is 1.12. The Bertz CT molecular complexity index is 63.1. The largest absolute Gasteiger partial charge is 2.00 e. The molecule has 68 valence electrons. The van der Waals surface area contributed by atoms with Crippen LogP contribution in [0.5, 0.6) is 0 Å². The second kappa shape index (κ2) is 5.95. The molecule has 0 amide bonds. The van der Waals surface area contributed by atoms with E-state index in [0.717, 1.165) is 0 Å². The van der Waals surface area contributed by atoms with Crippen molar-refractivity contribution in [2.24, 2.45) is 0 Å². The Morgan fingerprint density at radius 1 is 0.727 bits per heavy atom. The van der Waals surface area contributed by atoms with Crippen molar-refractivity contribution in [1.29, 1.82) is 0 Å². The normalized spacial score (nSPS) is 10.9. The molecule has 0 aromatic heterocycles. The van der Waals surface area contributed by atoms with Crippen LogP contribution in [0.2, 0.25) is 0 Å². The number of nitrogens with zero attached hydrogens (tertiary/aromatic N) is 2. The van der Waals surface area contributed by atoms with Crippen molar-refractivity contribution in [2.45, 2.75) is 0 Å². The fourth-order valence-electron chi connectivity index (χ4n) is 0. The zero-order valence-corrected chi connectivity index (χ0v) is 6.52. The van der Waals surface area contributed by atoms with Gasteiger partial charge in [-0.25, -0.2) is 0 Å². The van der Waals surface area contributed by atoms with Crippen LogP contribution in [-0.4, -0.2) is 64.6 Å². The molecule has 0 aromatic carbocycles. The summed E-state index contributed by atoms with van der Waals surface area (Å²) in [5.41, 5.74) is 0. The van der Waals surface area contributed by atoms with Crippen LogP contribution in [0.15, 0.2) is 0 Å². The number of quaternary nitrogens is 2. The number of rotatable bonds is 0. The SMILES string of the molecule is [H-].[H-].[Mg+2].[O-][N+](O)(O)O.[O-][N+](O)(O)O. The molecule has 0 aromatic rings. The van der Waals surface area contributed by atoms with Crippen molar-refractivity contribution < 1.29 is 44.4 Å². The van der Waals surface area contributed by atoms with Crippen LogP contribution in [0.25, 0.3) is 0 Å². The maximum absolute atomic E-state index is 8.71. The molecule has 0 atom stereocenters. The van der Waals surface area contributed by atoms with Gasteiger partial charge < -0.3 is 13.3 Å². The molecule has 0 heterocycles. The summed E-state index contributed by atoms with van der Waals surface area (Å²) in [5.74, 6) is 0. The molecule has 0 rings (SSSR count). The van der Waals surface area contributed by atoms with E-state index in [4.69, 9.17) is 41.7 Å². The summed E-state index contributed by atoms with van der Waals surface area (Å²) in [4.78, 5) is 0. The van der Waals surface area contributed by atoms with E-state index in [1.54, 1.807) is 0 Å². The Morgan fingerprint density at radius 3 is 0.727 bits per heavy atom. The predicted octanol–water partition coefficient (Wildman–Crippen LogP) is -1.22. The Kier molecular flexibility index (Phi) is 9.43. The van der Waals surface area contributed by atoms with Crippen molar-refractivity contribution in [3.8, 4) is 0 Å². The molecule has 11 heteroatoms. The molecule has 0 saturated heterocycles. The van der Waals surface area contributed by atoms with E-state index in [1.807, 2.05) is 0 Å². The third-order valence-electron chi connectivity index (χ3n) is 0. The van der Waals surface area contributed by atoms with Crippen molar-refractivity contribution >= 4 is 23.1 Å². The Morgan fingerprint density at radius 2 is 0.727 bits per heavy atom. The van der Waals surface area contributed by atoms with Crippen LogP contribution in [-0.2, 0) is 0 Å². The van der Waals surface area contributed by atoms with Gasteiger partial charge in [-0.15, -0.1) is 31.2 Å². The first kappa shape index (κ1) is 17.5. The molecular formula is H8MgN2O8. The topological polar surface area (TPSA) is 168 Å². The maximum Gasteiger partial charge on any atom is 2.00 e. The van der Waals surface area contributed by atoms with Crippen LogP contribution in [0, 0.1) is 10.4 Å². The van der Waals surface area contributed by atoms with Gasteiger partial charge in [0, 0.05) is 0 Å². The van der Waals surface area contributed by atoms with Crippen LogP contribution < -0.4 is 0 Å². The van der Waals surface area contributed by atoms with E-state index >= 15 is 0 Å². The second-order valence-electron chi connectivity index (χ2n) is 1.03. The summed E-state index contributed by atoms with van der Waals surface area (Å²) in [7, 11) is 0. The standard InChI is InChI=1S/Mg.2H3NO4.2H/c;2*2-1(3,4)5;;/h;2*2-4H;;/q+2;;;2*-1. The number of hydrogen-bond donors (Lipinski definition) is 6. The van der Waals surface area contributed by atoms with E-state index < -0.39 is 10.3 Å². The molecular weight excluding hydrogens is 180 g/mol. The van der Waals surface area contributed by atoms with E-state index in [1.165, 1.54) is 0 Å². The summed E-state index contributed by atoms with van der Waals surface area (Å²) in [6.07, 6.45) is 0. The van der Waals surface area contributed by atoms with Gasteiger partial charge in [-0.3, -0.25) is 0 Å². The average molecular weight is 188 g/mol. The van der Waals surface area contributed by atoms with Gasteiger partial charge in [-0.1, -0.05) is 0 Å². The first-order chi connectivity index (χ1) is 4.00. The van der Waals surface area contributed by atoms with Crippen LogP contribution in [0.3, 0.4) is 0 Å². The smallest absolute Gasteiger partial charge is 1.00 e. The van der Waals surface area contributed by atoms with Gasteiger partial charge >= 0.3 is 23.1 Å². The molecule has 0 aliphatic heterocycles. The molecule has 0 fully saturated rings. The summed E-state index contributed by atoms with van der Waals surface area (Å²) >= 11 is 0. The number of hydrogen-bond acceptors (Lipinski definition) is 8. The monoisotopic (exact) mass is 188 g/mol. The summed E-state index contributed by atoms with van der Waals surface area (Å²) < 4.78 is 0. The van der Waals surface area contributed by atoms with Gasteiger partial charge in [-0.05, 0) is 0 Å². The van der Waals surface area contributed by atoms with Gasteiger partial charge in [0.2, 0.25) is 0 Å². The minimum Gasteiger partial charge on any atom is -1.00 e. The molecule has 0 unspecified atom stereocenters. The molecule has 0 aliphatic carbocycles. The molecule has 0 saturated carbocycles. The molecule has 11 heavy (non-hydrogen) atoms. The maximum atomic E-state index is 8.71. The molecule has 0 radical (unpaired) electrons. The molecule has 0 bridgehead atoms. The Hall–Kier alpha value is 0.366. The third-order valence-corrected chi connectivity index (χ3v) is 0. The van der Waals surface area contributed by atoms with Gasteiger partial charge in [0.05, 0.1) is 10.3 Å². The van der Waals surface area contributed by atoms with Gasteiger partial charge in [-0.2, -0.15) is 0 Å². The zero-order valence-electron chi connectivity index (χ0n) is 7.10. The van der Waals surface area contributed by atoms with E-state index in [0.29, 0.717) is 0 Å². The first-order valence-electron chi connectivity index (χ1n) is 1.57. The van der Waals surface area contributed by atoms with Crippen LogP contribution in [0.4, 0.5) is 0 Å². The van der Waals surface area contributed by atoms with Gasteiger partial charge in [0.15, 0.2) is 0 Å². The fourth-order valence-corrected chi connectivity index (χ4v) is 0. The van der Waals surface area contributed by atoms with Crippen molar-refractivity contribution in [3.63, 3.8) is 0 Å². The van der Waals surface area contributed by atoms with Crippen molar-refractivity contribution in [1.82, 2.24) is 0 Å². The fraction of sp³-hybridized carbons (Fsp3) is 0. The van der Waals surface area contributed by atoms with E-state index in [-0.39, 0.29) is 25.9 Å². The molecule has 10 nitrogen and oxygen atoms in total. The summed E-state index contributed by atoms with van der Waals surface area (Å²) in [6, 6.07) is 0. The second-order valence-corrected chi connectivity index (χ2v) is 1.03. The Balaban J connectivity index is -0.0000000267. The van der Waals surface area contributed by atoms with Crippen molar-refractivity contribution in [2.75, 3.05) is 0 Å². The minimum absolute atomic E-state index is 0. The predicted molar refractivity (Wildman–Crippen MR) is 26.0 cm³/mol. The first-order valence-corrected chi connectivity index (χ1v) is 1.57. The van der Waals surface area contributed by atoms with Gasteiger partial charge in [0.25, 0.3) is 0 Å². The summed E-state index contributed by atoms with van der Waals surface area (Å²) in [6.45, 7) is 0. The van der Waals surface area contributed by atoms with Gasteiger partial charge in [0.1, 0.15) is 0 Å². The minimum atomic E-state index is -3.25. The molecule has 0 aliphatic rings. The molecule has 0 spiro atoms. The van der Waals surface area contributed by atoms with Crippen LogP contribution in [0.1, 0.15) is 2.85 Å². The van der Waals surface area contributed by atoms with Crippen LogP contribution >= 0.6 is 0 Å². The van der Waals surface area contributed by atoms with E-state index in [2.05, 4.69) is 0 Å². The van der Waals surface area contributed by atoms with E-state index in [9.17, 15) is 0 Å². The quantitative estimate of drug-likeness (QED) is 0.156. The summed E-state index contributed by atoms with van der Waals surface area (Å²) in [5, 5.41) is 53.0. The zero-order chi connectivity index (χ0) is 9.00.